The summed E-state index contributed by atoms with van der Waals surface area (Å²) >= 11 is 0. The van der Waals surface area contributed by atoms with Crippen molar-refractivity contribution in [3.05, 3.63) is 59.9 Å². The first-order valence-corrected chi connectivity index (χ1v) is 14.0. The molecule has 0 atom stereocenters. The zero-order valence-electron chi connectivity index (χ0n) is 25.5. The van der Waals surface area contributed by atoms with Crippen molar-refractivity contribution < 1.29 is 0 Å². The first-order chi connectivity index (χ1) is 20.0. The van der Waals surface area contributed by atoms with Gasteiger partial charge >= 0.3 is 0 Å². The van der Waals surface area contributed by atoms with Crippen molar-refractivity contribution in [2.24, 2.45) is 0 Å². The van der Waals surface area contributed by atoms with Crippen molar-refractivity contribution in [3.8, 4) is 0 Å². The molecule has 0 radical (unpaired) electrons. The summed E-state index contributed by atoms with van der Waals surface area (Å²) in [5.41, 5.74) is 7.71. The zero-order valence-corrected chi connectivity index (χ0v) is 25.5. The van der Waals surface area contributed by atoms with Crippen LogP contribution in [0.4, 0.5) is 40.6 Å². The minimum absolute atomic E-state index is 0.316. The molecule has 5 rings (SSSR count). The molecular weight excluding hydrogens is 526 g/mol. The summed E-state index contributed by atoms with van der Waals surface area (Å²) in [4.78, 5) is 27.6. The molecule has 0 bridgehead atoms. The lowest BCUT2D eigenvalue weighted by Crippen LogP contribution is -2.29. The van der Waals surface area contributed by atoms with E-state index in [1.807, 2.05) is 66.3 Å². The van der Waals surface area contributed by atoms with Gasteiger partial charge in [-0.25, -0.2) is 0 Å². The van der Waals surface area contributed by atoms with Gasteiger partial charge < -0.3 is 25.8 Å². The van der Waals surface area contributed by atoms with E-state index in [4.69, 9.17) is 15.0 Å². The number of pyridine rings is 2. The molecule has 11 heteroatoms. The summed E-state index contributed by atoms with van der Waals surface area (Å²) in [6.45, 7) is 8.71. The Morgan fingerprint density at radius 1 is 0.619 bits per heavy atom. The van der Waals surface area contributed by atoms with E-state index in [-0.39, 0.29) is 0 Å². The van der Waals surface area contributed by atoms with E-state index in [0.29, 0.717) is 30.6 Å². The van der Waals surface area contributed by atoms with Crippen LogP contribution in [-0.4, -0.2) is 65.8 Å². The molecule has 42 heavy (non-hydrogen) atoms. The quantitative estimate of drug-likeness (QED) is 0.159. The second kappa shape index (κ2) is 12.0. The second-order valence-corrected chi connectivity index (χ2v) is 11.1. The van der Waals surface area contributed by atoms with Gasteiger partial charge in [0, 0.05) is 79.1 Å². The van der Waals surface area contributed by atoms with E-state index >= 15 is 0 Å². The van der Waals surface area contributed by atoms with Crippen LogP contribution in [0.25, 0.3) is 21.8 Å². The van der Waals surface area contributed by atoms with Gasteiger partial charge in [0.1, 0.15) is 0 Å². The van der Waals surface area contributed by atoms with Crippen LogP contribution in [0.1, 0.15) is 25.2 Å². The Morgan fingerprint density at radius 2 is 1.07 bits per heavy atom. The van der Waals surface area contributed by atoms with Crippen molar-refractivity contribution in [3.63, 3.8) is 0 Å². The van der Waals surface area contributed by atoms with Crippen LogP contribution in [-0.2, 0) is 0 Å². The lowest BCUT2D eigenvalue weighted by molar-refractivity contribution is 0.615. The Bertz CT molecular complexity index is 1610. The van der Waals surface area contributed by atoms with Gasteiger partial charge in [0.05, 0.1) is 17.7 Å². The lowest BCUT2D eigenvalue weighted by atomic mass is 10.1. The van der Waals surface area contributed by atoms with Crippen molar-refractivity contribution in [1.29, 1.82) is 0 Å². The number of aromatic nitrogens is 5. The number of benzene rings is 2. The molecule has 5 aromatic rings. The molecule has 0 fully saturated rings. The number of hydrogen-bond donors (Lipinski definition) is 4. The number of fused-ring (bicyclic) bond motifs is 2. The fourth-order valence-electron chi connectivity index (χ4n) is 4.73. The maximum atomic E-state index is 4.71. The van der Waals surface area contributed by atoms with E-state index < -0.39 is 0 Å². The standard InChI is InChI=1S/C31H39N11/c1-18(2)32-17-33-29-38-30(36-21-9-11-25-23(15-21)27(41(5)6)13-19(3)34-25)40-31(39-29)37-22-10-12-26-24(16-22)28(42(7)8)14-20(4)35-26/h9-16,18,32H,17H2,1-8H3,(H3,33,36,37,38,39,40). The maximum Gasteiger partial charge on any atom is 0.233 e. The summed E-state index contributed by atoms with van der Waals surface area (Å²) in [7, 11) is 8.14. The Hall–Kier alpha value is -4.77. The highest BCUT2D eigenvalue weighted by Crippen LogP contribution is 2.31. The SMILES string of the molecule is Cc1cc(N(C)C)c2cc(Nc3nc(NCNC(C)C)nc(Nc4ccc5nc(C)cc(N(C)C)c5c4)n3)ccc2n1. The number of nitrogens with zero attached hydrogens (tertiary/aromatic N) is 7. The van der Waals surface area contributed by atoms with Crippen LogP contribution in [0.2, 0.25) is 0 Å². The van der Waals surface area contributed by atoms with Crippen LogP contribution in [0, 0.1) is 13.8 Å². The molecule has 0 saturated heterocycles. The maximum absolute atomic E-state index is 4.71. The molecule has 3 heterocycles. The van der Waals surface area contributed by atoms with Crippen LogP contribution in [0.3, 0.4) is 0 Å². The van der Waals surface area contributed by atoms with E-state index in [9.17, 15) is 0 Å². The summed E-state index contributed by atoms with van der Waals surface area (Å²) < 4.78 is 0. The number of rotatable bonds is 10. The normalized spacial score (nSPS) is 11.3. The van der Waals surface area contributed by atoms with Gasteiger partial charge in [-0.2, -0.15) is 15.0 Å². The van der Waals surface area contributed by atoms with E-state index in [0.717, 1.165) is 55.9 Å². The van der Waals surface area contributed by atoms with Crippen LogP contribution in [0.5, 0.6) is 0 Å². The average molecular weight is 566 g/mol. The smallest absolute Gasteiger partial charge is 0.233 e. The van der Waals surface area contributed by atoms with Crippen LogP contribution < -0.4 is 31.1 Å². The third kappa shape index (κ3) is 6.58. The van der Waals surface area contributed by atoms with E-state index in [2.05, 4.69) is 79.1 Å². The van der Waals surface area contributed by atoms with Crippen LogP contribution >= 0.6 is 0 Å². The largest absolute Gasteiger partial charge is 0.377 e. The molecule has 0 amide bonds. The van der Waals surface area contributed by atoms with Gasteiger partial charge in [-0.05, 0) is 76.2 Å². The third-order valence-corrected chi connectivity index (χ3v) is 6.70. The highest BCUT2D eigenvalue weighted by Gasteiger charge is 2.12. The van der Waals surface area contributed by atoms with Gasteiger partial charge in [0.2, 0.25) is 17.8 Å². The lowest BCUT2D eigenvalue weighted by Gasteiger charge is -2.18. The number of anilines is 7. The van der Waals surface area contributed by atoms with Crippen molar-refractivity contribution in [2.45, 2.75) is 33.7 Å². The van der Waals surface area contributed by atoms with Gasteiger partial charge in [-0.15, -0.1) is 0 Å². The van der Waals surface area contributed by atoms with Crippen molar-refractivity contribution in [1.82, 2.24) is 30.2 Å². The van der Waals surface area contributed by atoms with E-state index in [1.165, 1.54) is 0 Å². The third-order valence-electron chi connectivity index (χ3n) is 6.70. The molecule has 0 saturated carbocycles. The Labute approximate surface area is 246 Å². The number of hydrogen-bond acceptors (Lipinski definition) is 11. The van der Waals surface area contributed by atoms with Gasteiger partial charge in [0.25, 0.3) is 0 Å². The Kier molecular flexibility index (Phi) is 8.21. The van der Waals surface area contributed by atoms with Crippen molar-refractivity contribution >= 4 is 62.4 Å². The minimum atomic E-state index is 0.316. The first-order valence-electron chi connectivity index (χ1n) is 14.0. The molecule has 0 unspecified atom stereocenters. The molecule has 4 N–H and O–H groups in total. The molecule has 2 aromatic carbocycles. The molecule has 218 valence electrons. The number of nitrogens with one attached hydrogen (secondary N) is 4. The summed E-state index contributed by atoms with van der Waals surface area (Å²) in [5, 5.41) is 15.4. The molecule has 11 nitrogen and oxygen atoms in total. The molecule has 0 aliphatic rings. The molecule has 3 aromatic heterocycles. The van der Waals surface area contributed by atoms with Gasteiger partial charge in [-0.1, -0.05) is 0 Å². The predicted octanol–water partition coefficient (Wildman–Crippen LogP) is 5.57. The fraction of sp³-hybridized carbons (Fsp3) is 0.323. The first kappa shape index (κ1) is 28.7. The monoisotopic (exact) mass is 565 g/mol. The number of aryl methyl sites for hydroxylation is 2. The van der Waals surface area contributed by atoms with Gasteiger partial charge in [0.15, 0.2) is 0 Å². The molecule has 0 aliphatic carbocycles. The molecular formula is C31H39N11. The molecule has 0 aliphatic heterocycles. The van der Waals surface area contributed by atoms with E-state index in [1.54, 1.807) is 0 Å². The topological polar surface area (TPSA) is 119 Å². The Morgan fingerprint density at radius 3 is 1.50 bits per heavy atom. The highest BCUT2D eigenvalue weighted by atomic mass is 15.3. The summed E-state index contributed by atoms with van der Waals surface area (Å²) in [5.74, 6) is 1.28. The average Bonchev–Trinajstić information content (AvgIpc) is 2.92. The van der Waals surface area contributed by atoms with Crippen LogP contribution in [0.15, 0.2) is 48.5 Å². The fourth-order valence-corrected chi connectivity index (χ4v) is 4.73. The van der Waals surface area contributed by atoms with Crippen molar-refractivity contribution in [2.75, 3.05) is 60.6 Å². The zero-order chi connectivity index (χ0) is 30.0. The second-order valence-electron chi connectivity index (χ2n) is 11.1. The highest BCUT2D eigenvalue weighted by molar-refractivity contribution is 5.95. The van der Waals surface area contributed by atoms with Gasteiger partial charge in [-0.3, -0.25) is 15.3 Å². The summed E-state index contributed by atoms with van der Waals surface area (Å²) in [6, 6.07) is 16.6. The summed E-state index contributed by atoms with van der Waals surface area (Å²) in [6.07, 6.45) is 0. The Balaban J connectivity index is 1.49. The molecule has 0 spiro atoms. The minimum Gasteiger partial charge on any atom is -0.377 e. The predicted molar refractivity (Wildman–Crippen MR) is 175 cm³/mol.